The Labute approximate surface area is 118 Å². The fraction of sp³-hybridized carbons (Fsp3) is 0.294. The number of aromatic nitrogens is 1. The molecule has 0 bridgehead atoms. The number of nitrogens with zero attached hydrogens (tertiary/aromatic N) is 1. The second kappa shape index (κ2) is 4.44. The van der Waals surface area contributed by atoms with Crippen molar-refractivity contribution in [3.8, 4) is 0 Å². The number of carbonyl (C=O) groups is 1. The van der Waals surface area contributed by atoms with Crippen molar-refractivity contribution in [3.05, 3.63) is 48.7 Å². The lowest BCUT2D eigenvalue weighted by atomic mass is 9.78. The Kier molecular flexibility index (Phi) is 2.85. The number of carbonyl (C=O) groups excluding carboxylic acids is 1. The molecule has 2 atom stereocenters. The number of aliphatic imine (C=N–C) groups is 1. The number of H-pyrrole nitrogens is 1. The lowest BCUT2D eigenvalue weighted by Crippen LogP contribution is -2.32. The molecule has 3 rings (SSSR count). The average molecular weight is 266 g/mol. The first-order chi connectivity index (χ1) is 9.55. The van der Waals surface area contributed by atoms with E-state index in [4.69, 9.17) is 0 Å². The summed E-state index contributed by atoms with van der Waals surface area (Å²) in [5.74, 6) is 0.0710. The highest BCUT2D eigenvalue weighted by Gasteiger charge is 2.42. The third-order valence-corrected chi connectivity index (χ3v) is 4.18. The summed E-state index contributed by atoms with van der Waals surface area (Å²) in [5, 5.41) is 0.962. The summed E-state index contributed by atoms with van der Waals surface area (Å²) >= 11 is 0. The summed E-state index contributed by atoms with van der Waals surface area (Å²) in [6.45, 7) is 7.92. The molecule has 0 spiro atoms. The number of nitrogens with one attached hydrogen (secondary N) is 1. The van der Waals surface area contributed by atoms with Gasteiger partial charge in [-0.1, -0.05) is 31.2 Å². The zero-order valence-corrected chi connectivity index (χ0v) is 11.8. The van der Waals surface area contributed by atoms with Gasteiger partial charge in [0.05, 0.1) is 0 Å². The summed E-state index contributed by atoms with van der Waals surface area (Å²) in [7, 11) is 0. The molecule has 1 aliphatic rings. The Morgan fingerprint density at radius 1 is 1.50 bits per heavy atom. The van der Waals surface area contributed by atoms with E-state index in [-0.39, 0.29) is 17.2 Å². The number of hydrogen-bond donors (Lipinski definition) is 1. The topological polar surface area (TPSA) is 45.2 Å². The van der Waals surface area contributed by atoms with Gasteiger partial charge in [-0.25, -0.2) is 0 Å². The van der Waals surface area contributed by atoms with Crippen LogP contribution in [0.25, 0.3) is 10.9 Å². The van der Waals surface area contributed by atoms with E-state index in [0.717, 1.165) is 28.6 Å². The number of fused-ring (bicyclic) bond motifs is 1. The summed E-state index contributed by atoms with van der Waals surface area (Å²) in [6, 6.07) is 7.48. The van der Waals surface area contributed by atoms with E-state index in [1.807, 2.05) is 37.3 Å². The maximum Gasteiger partial charge on any atom is 0.190 e. The van der Waals surface area contributed by atoms with Crippen molar-refractivity contribution in [3.63, 3.8) is 0 Å². The molecule has 0 unspecified atom stereocenters. The molecule has 102 valence electrons. The minimum absolute atomic E-state index is 0.0710. The number of ketones is 1. The van der Waals surface area contributed by atoms with Crippen molar-refractivity contribution in [1.82, 2.24) is 4.98 Å². The molecule has 0 amide bonds. The van der Waals surface area contributed by atoms with E-state index in [1.54, 1.807) is 6.20 Å². The first-order valence-corrected chi connectivity index (χ1v) is 6.82. The molecule has 0 radical (unpaired) electrons. The summed E-state index contributed by atoms with van der Waals surface area (Å²) in [5.41, 5.74) is 2.44. The first kappa shape index (κ1) is 12.9. The monoisotopic (exact) mass is 266 g/mol. The molecule has 2 heterocycles. The highest BCUT2D eigenvalue weighted by molar-refractivity contribution is 6.12. The molecule has 3 heteroatoms. The van der Waals surface area contributed by atoms with Crippen molar-refractivity contribution in [2.75, 3.05) is 0 Å². The van der Waals surface area contributed by atoms with E-state index >= 15 is 0 Å². The third kappa shape index (κ3) is 1.82. The van der Waals surface area contributed by atoms with Crippen molar-refractivity contribution in [1.29, 1.82) is 0 Å². The Morgan fingerprint density at radius 3 is 3.00 bits per heavy atom. The van der Waals surface area contributed by atoms with Crippen molar-refractivity contribution < 1.29 is 4.79 Å². The number of hydrogen-bond acceptors (Lipinski definition) is 2. The van der Waals surface area contributed by atoms with Crippen LogP contribution in [-0.2, 0) is 0 Å². The molecule has 1 N–H and O–H groups in total. The Hall–Kier alpha value is -2.16. The van der Waals surface area contributed by atoms with Gasteiger partial charge in [0.1, 0.15) is 6.04 Å². The largest absolute Gasteiger partial charge is 0.360 e. The van der Waals surface area contributed by atoms with Crippen LogP contribution in [0.2, 0.25) is 0 Å². The fourth-order valence-electron chi connectivity index (χ4n) is 3.03. The first-order valence-electron chi connectivity index (χ1n) is 6.82. The van der Waals surface area contributed by atoms with E-state index in [0.29, 0.717) is 0 Å². The molecule has 0 saturated heterocycles. The number of aromatic amines is 1. The van der Waals surface area contributed by atoms with Crippen LogP contribution >= 0.6 is 0 Å². The molecule has 2 aromatic rings. The molecule has 0 saturated carbocycles. The zero-order chi connectivity index (χ0) is 14.3. The van der Waals surface area contributed by atoms with Gasteiger partial charge in [-0.3, -0.25) is 9.79 Å². The van der Waals surface area contributed by atoms with Gasteiger partial charge in [-0.15, -0.1) is 6.58 Å². The smallest absolute Gasteiger partial charge is 0.190 e. The van der Waals surface area contributed by atoms with Gasteiger partial charge in [0.25, 0.3) is 0 Å². The number of para-hydroxylation sites is 1. The summed E-state index contributed by atoms with van der Waals surface area (Å²) in [6.07, 6.45) is 4.46. The van der Waals surface area contributed by atoms with Crippen LogP contribution in [0.4, 0.5) is 0 Å². The molecule has 1 aromatic carbocycles. The Bertz CT molecular complexity index is 725. The normalized spacial score (nSPS) is 25.7. The minimum atomic E-state index is -0.362. The van der Waals surface area contributed by atoms with Gasteiger partial charge >= 0.3 is 0 Å². The van der Waals surface area contributed by atoms with Crippen LogP contribution in [0.3, 0.4) is 0 Å². The lowest BCUT2D eigenvalue weighted by Gasteiger charge is -2.25. The number of benzene rings is 1. The van der Waals surface area contributed by atoms with Gasteiger partial charge in [0.15, 0.2) is 5.78 Å². The van der Waals surface area contributed by atoms with E-state index < -0.39 is 0 Å². The van der Waals surface area contributed by atoms with Gasteiger partial charge < -0.3 is 4.98 Å². The van der Waals surface area contributed by atoms with Gasteiger partial charge in [0.2, 0.25) is 0 Å². The average Bonchev–Trinajstić information content (AvgIpc) is 3.00. The molecule has 1 aliphatic heterocycles. The van der Waals surface area contributed by atoms with Gasteiger partial charge in [-0.2, -0.15) is 0 Å². The quantitative estimate of drug-likeness (QED) is 0.667. The van der Waals surface area contributed by atoms with E-state index in [2.05, 4.69) is 23.5 Å². The van der Waals surface area contributed by atoms with Crippen LogP contribution in [0.15, 0.2) is 48.1 Å². The predicted octanol–water partition coefficient (Wildman–Crippen LogP) is 3.78. The minimum Gasteiger partial charge on any atom is -0.360 e. The van der Waals surface area contributed by atoms with Gasteiger partial charge in [-0.05, 0) is 19.4 Å². The van der Waals surface area contributed by atoms with Crippen LogP contribution in [0, 0.1) is 5.41 Å². The highest BCUT2D eigenvalue weighted by Crippen LogP contribution is 2.38. The molecule has 0 aliphatic carbocycles. The number of rotatable bonds is 3. The Balaban J connectivity index is 2.06. The number of Topliss-reactive ketones (excluding diaryl/α,β-unsaturated/α-hetero) is 1. The Morgan fingerprint density at radius 2 is 2.25 bits per heavy atom. The lowest BCUT2D eigenvalue weighted by molar-refractivity contribution is 0.0923. The van der Waals surface area contributed by atoms with Crippen LogP contribution in [0.1, 0.15) is 30.6 Å². The fourth-order valence-corrected chi connectivity index (χ4v) is 3.03. The highest BCUT2D eigenvalue weighted by atomic mass is 16.1. The molecular formula is C17H18N2O. The molecule has 3 nitrogen and oxygen atoms in total. The molecule has 1 aromatic heterocycles. The van der Waals surface area contributed by atoms with Gasteiger partial charge in [0, 0.05) is 33.8 Å². The van der Waals surface area contributed by atoms with Crippen molar-refractivity contribution in [2.45, 2.75) is 26.3 Å². The maximum absolute atomic E-state index is 12.9. The summed E-state index contributed by atoms with van der Waals surface area (Å²) < 4.78 is 0. The van der Waals surface area contributed by atoms with Crippen molar-refractivity contribution >= 4 is 22.4 Å². The predicted molar refractivity (Wildman–Crippen MR) is 82.4 cm³/mol. The van der Waals surface area contributed by atoms with Crippen LogP contribution in [0.5, 0.6) is 0 Å². The standard InChI is InChI=1S/C17H18N2O/c1-4-17(3)9-11(2)19-16(17)15(20)13-10-18-14-8-6-5-7-12(13)14/h4-8,10,16,18H,1,9H2,2-3H3/t16-,17+/m1/s1. The SMILES string of the molecule is C=C[C@@]1(C)CC(C)=N[C@@H]1C(=O)c1c[nH]c2ccccc12. The zero-order valence-electron chi connectivity index (χ0n) is 11.8. The molecule has 20 heavy (non-hydrogen) atoms. The van der Waals surface area contributed by atoms with Crippen molar-refractivity contribution in [2.24, 2.45) is 10.4 Å². The van der Waals surface area contributed by atoms with Crippen LogP contribution < -0.4 is 0 Å². The molecular weight excluding hydrogens is 248 g/mol. The van der Waals surface area contributed by atoms with E-state index in [9.17, 15) is 4.79 Å². The maximum atomic E-state index is 12.9. The summed E-state index contributed by atoms with van der Waals surface area (Å²) in [4.78, 5) is 20.6. The molecule has 0 fully saturated rings. The second-order valence-electron chi connectivity index (χ2n) is 5.77. The second-order valence-corrected chi connectivity index (χ2v) is 5.77. The van der Waals surface area contributed by atoms with Crippen LogP contribution in [-0.4, -0.2) is 22.5 Å². The third-order valence-electron chi connectivity index (χ3n) is 4.18. The van der Waals surface area contributed by atoms with E-state index in [1.165, 1.54) is 0 Å².